The van der Waals surface area contributed by atoms with E-state index in [1.54, 1.807) is 44.6 Å². The van der Waals surface area contributed by atoms with E-state index in [9.17, 15) is 4.79 Å². The van der Waals surface area contributed by atoms with Crippen molar-refractivity contribution in [1.82, 2.24) is 20.0 Å². The van der Waals surface area contributed by atoms with Gasteiger partial charge in [-0.3, -0.25) is 14.8 Å². The van der Waals surface area contributed by atoms with Gasteiger partial charge in [-0.15, -0.1) is 5.10 Å². The van der Waals surface area contributed by atoms with E-state index in [1.165, 1.54) is 11.8 Å². The number of aryl methyl sites for hydroxylation is 1. The third-order valence-electron chi connectivity index (χ3n) is 3.23. The van der Waals surface area contributed by atoms with Gasteiger partial charge in [-0.1, -0.05) is 5.10 Å². The van der Waals surface area contributed by atoms with Crippen molar-refractivity contribution in [2.24, 2.45) is 7.05 Å². The summed E-state index contributed by atoms with van der Waals surface area (Å²) in [5, 5.41) is 14.2. The molecular weight excluding hydrogens is 314 g/mol. The molecule has 124 valence electrons. The largest absolute Gasteiger partial charge is 0.497 e. The highest BCUT2D eigenvalue weighted by Gasteiger charge is 2.17. The standard InChI is InChI=1S/C15H15N5O4/c1-20-7-6-11(19-20)13(21)16-15-18-17-14(24-15)10-5-4-9(22-2)8-12(10)23-3/h4-8H,1-3H3,(H,16,18,21). The summed E-state index contributed by atoms with van der Waals surface area (Å²) in [5.74, 6) is 0.928. The number of methoxy groups -OCH3 is 2. The van der Waals surface area contributed by atoms with Crippen LogP contribution in [0.2, 0.25) is 0 Å². The van der Waals surface area contributed by atoms with Crippen LogP contribution >= 0.6 is 0 Å². The lowest BCUT2D eigenvalue weighted by atomic mass is 10.2. The molecule has 0 bridgehead atoms. The Hall–Kier alpha value is -3.36. The number of benzene rings is 1. The minimum atomic E-state index is -0.438. The second-order valence-electron chi connectivity index (χ2n) is 4.81. The van der Waals surface area contributed by atoms with Gasteiger partial charge in [-0.25, -0.2) is 0 Å². The number of amides is 1. The molecular formula is C15H15N5O4. The molecule has 24 heavy (non-hydrogen) atoms. The summed E-state index contributed by atoms with van der Waals surface area (Å²) in [7, 11) is 4.81. The van der Waals surface area contributed by atoms with Gasteiger partial charge in [0.1, 0.15) is 11.5 Å². The lowest BCUT2D eigenvalue weighted by Gasteiger charge is -2.07. The van der Waals surface area contributed by atoms with Gasteiger partial charge in [0, 0.05) is 19.3 Å². The number of hydrogen-bond acceptors (Lipinski definition) is 7. The van der Waals surface area contributed by atoms with Crippen molar-refractivity contribution in [3.63, 3.8) is 0 Å². The fourth-order valence-corrected chi connectivity index (χ4v) is 2.06. The molecule has 0 aliphatic carbocycles. The number of ether oxygens (including phenoxy) is 2. The molecule has 2 heterocycles. The lowest BCUT2D eigenvalue weighted by Crippen LogP contribution is -2.13. The Morgan fingerprint density at radius 1 is 1.21 bits per heavy atom. The minimum Gasteiger partial charge on any atom is -0.497 e. The van der Waals surface area contributed by atoms with Crippen molar-refractivity contribution >= 4 is 11.9 Å². The molecule has 0 fully saturated rings. The maximum Gasteiger partial charge on any atom is 0.322 e. The van der Waals surface area contributed by atoms with Crippen molar-refractivity contribution in [3.05, 3.63) is 36.2 Å². The number of aromatic nitrogens is 4. The van der Waals surface area contributed by atoms with Crippen LogP contribution in [-0.4, -0.2) is 40.1 Å². The van der Waals surface area contributed by atoms with Gasteiger partial charge in [0.15, 0.2) is 5.69 Å². The van der Waals surface area contributed by atoms with E-state index >= 15 is 0 Å². The number of rotatable bonds is 5. The average Bonchev–Trinajstić information content (AvgIpc) is 3.23. The predicted octanol–water partition coefficient (Wildman–Crippen LogP) is 1.74. The first kappa shape index (κ1) is 15.5. The van der Waals surface area contributed by atoms with Gasteiger partial charge in [-0.2, -0.15) is 5.10 Å². The average molecular weight is 329 g/mol. The Morgan fingerprint density at radius 3 is 2.71 bits per heavy atom. The minimum absolute atomic E-state index is 0.0291. The van der Waals surface area contributed by atoms with Crippen LogP contribution in [0.5, 0.6) is 11.5 Å². The fourth-order valence-electron chi connectivity index (χ4n) is 2.06. The molecule has 1 amide bonds. The predicted molar refractivity (Wildman–Crippen MR) is 84.0 cm³/mol. The summed E-state index contributed by atoms with van der Waals surface area (Å²) in [5.41, 5.74) is 0.836. The van der Waals surface area contributed by atoms with E-state index in [4.69, 9.17) is 13.9 Å². The highest BCUT2D eigenvalue weighted by Crippen LogP contribution is 2.33. The van der Waals surface area contributed by atoms with E-state index in [1.807, 2.05) is 0 Å². The molecule has 3 aromatic rings. The van der Waals surface area contributed by atoms with Crippen molar-refractivity contribution in [2.45, 2.75) is 0 Å². The van der Waals surface area contributed by atoms with E-state index < -0.39 is 5.91 Å². The van der Waals surface area contributed by atoms with E-state index in [-0.39, 0.29) is 17.6 Å². The number of nitrogens with one attached hydrogen (secondary N) is 1. The number of nitrogens with zero attached hydrogens (tertiary/aromatic N) is 4. The molecule has 0 saturated carbocycles. The topological polar surface area (TPSA) is 104 Å². The summed E-state index contributed by atoms with van der Waals surface area (Å²) in [6.07, 6.45) is 1.66. The van der Waals surface area contributed by atoms with Gasteiger partial charge < -0.3 is 13.9 Å². The Balaban J connectivity index is 1.82. The van der Waals surface area contributed by atoms with Gasteiger partial charge in [0.2, 0.25) is 0 Å². The van der Waals surface area contributed by atoms with E-state index in [0.29, 0.717) is 17.1 Å². The first-order chi connectivity index (χ1) is 11.6. The van der Waals surface area contributed by atoms with Crippen LogP contribution in [0.1, 0.15) is 10.5 Å². The highest BCUT2D eigenvalue weighted by atomic mass is 16.5. The van der Waals surface area contributed by atoms with Crippen LogP contribution in [-0.2, 0) is 7.05 Å². The summed E-state index contributed by atoms with van der Waals surface area (Å²) in [6.45, 7) is 0. The molecule has 0 atom stereocenters. The summed E-state index contributed by atoms with van der Waals surface area (Å²) >= 11 is 0. The molecule has 0 unspecified atom stereocenters. The quantitative estimate of drug-likeness (QED) is 0.760. The zero-order valence-corrected chi connectivity index (χ0v) is 13.3. The Labute approximate surface area is 137 Å². The molecule has 0 radical (unpaired) electrons. The lowest BCUT2D eigenvalue weighted by molar-refractivity contribution is 0.101. The molecule has 0 saturated heterocycles. The van der Waals surface area contributed by atoms with Crippen LogP contribution in [0, 0.1) is 0 Å². The number of carbonyl (C=O) groups excluding carboxylic acids is 1. The molecule has 2 aromatic heterocycles. The smallest absolute Gasteiger partial charge is 0.322 e. The van der Waals surface area contributed by atoms with Crippen LogP contribution in [0.25, 0.3) is 11.5 Å². The molecule has 9 nitrogen and oxygen atoms in total. The Kier molecular flexibility index (Phi) is 4.15. The summed E-state index contributed by atoms with van der Waals surface area (Å²) in [4.78, 5) is 12.0. The van der Waals surface area contributed by atoms with Crippen LogP contribution < -0.4 is 14.8 Å². The second-order valence-corrected chi connectivity index (χ2v) is 4.81. The van der Waals surface area contributed by atoms with Crippen LogP contribution in [0.15, 0.2) is 34.9 Å². The van der Waals surface area contributed by atoms with Gasteiger partial charge >= 0.3 is 6.01 Å². The molecule has 3 rings (SSSR count). The van der Waals surface area contributed by atoms with Gasteiger partial charge in [0.05, 0.1) is 19.8 Å². The molecule has 1 N–H and O–H groups in total. The third kappa shape index (κ3) is 3.05. The summed E-state index contributed by atoms with van der Waals surface area (Å²) < 4.78 is 17.4. The van der Waals surface area contributed by atoms with Crippen molar-refractivity contribution in [1.29, 1.82) is 0 Å². The first-order valence-electron chi connectivity index (χ1n) is 6.97. The van der Waals surface area contributed by atoms with Crippen molar-refractivity contribution < 1.29 is 18.7 Å². The third-order valence-corrected chi connectivity index (χ3v) is 3.23. The zero-order valence-electron chi connectivity index (χ0n) is 13.3. The van der Waals surface area contributed by atoms with Crippen molar-refractivity contribution in [3.8, 4) is 23.0 Å². The fraction of sp³-hybridized carbons (Fsp3) is 0.200. The molecule has 9 heteroatoms. The normalized spacial score (nSPS) is 10.5. The summed E-state index contributed by atoms with van der Waals surface area (Å²) in [6, 6.07) is 6.73. The number of carbonyl (C=O) groups is 1. The number of hydrogen-bond donors (Lipinski definition) is 1. The SMILES string of the molecule is COc1ccc(-c2nnc(NC(=O)c3ccn(C)n3)o2)c(OC)c1. The zero-order chi connectivity index (χ0) is 17.1. The van der Waals surface area contributed by atoms with Gasteiger partial charge in [-0.05, 0) is 18.2 Å². The van der Waals surface area contributed by atoms with E-state index in [0.717, 1.165) is 0 Å². The van der Waals surface area contributed by atoms with Gasteiger partial charge in [0.25, 0.3) is 11.8 Å². The monoisotopic (exact) mass is 329 g/mol. The second kappa shape index (κ2) is 6.41. The Morgan fingerprint density at radius 2 is 2.04 bits per heavy atom. The molecule has 0 spiro atoms. The molecule has 0 aliphatic heterocycles. The Bertz CT molecular complexity index is 870. The molecule has 0 aliphatic rings. The van der Waals surface area contributed by atoms with Crippen LogP contribution in [0.3, 0.4) is 0 Å². The highest BCUT2D eigenvalue weighted by molar-refractivity contribution is 6.01. The van der Waals surface area contributed by atoms with Crippen molar-refractivity contribution in [2.75, 3.05) is 19.5 Å². The number of anilines is 1. The maximum atomic E-state index is 12.0. The first-order valence-corrected chi connectivity index (χ1v) is 6.97. The molecule has 1 aromatic carbocycles. The maximum absolute atomic E-state index is 12.0. The van der Waals surface area contributed by atoms with E-state index in [2.05, 4.69) is 20.6 Å². The van der Waals surface area contributed by atoms with Crippen LogP contribution in [0.4, 0.5) is 6.01 Å².